The number of carboxylic acids is 1. The topological polar surface area (TPSA) is 57.5 Å². The van der Waals surface area contributed by atoms with Gasteiger partial charge >= 0.3 is 5.97 Å². The Bertz CT molecular complexity index is 604. The molecule has 0 aromatic heterocycles. The van der Waals surface area contributed by atoms with Crippen LogP contribution in [0.4, 0.5) is 0 Å². The molecule has 0 bridgehead atoms. The lowest BCUT2D eigenvalue weighted by atomic mass is 9.47. The summed E-state index contributed by atoms with van der Waals surface area (Å²) in [4.78, 5) is 11.6. The quantitative estimate of drug-likeness (QED) is 0.721. The van der Waals surface area contributed by atoms with Crippen LogP contribution < -0.4 is 0 Å². The molecular formula is C20H28O3. The fourth-order valence-electron chi connectivity index (χ4n) is 6.54. The van der Waals surface area contributed by atoms with E-state index in [-0.39, 0.29) is 16.9 Å². The van der Waals surface area contributed by atoms with E-state index in [4.69, 9.17) is 0 Å². The number of aliphatic hydroxyl groups excluding tert-OH is 1. The first-order chi connectivity index (χ1) is 10.9. The van der Waals surface area contributed by atoms with Crippen LogP contribution in [0.1, 0.15) is 58.8 Å². The molecule has 2 saturated carbocycles. The van der Waals surface area contributed by atoms with Gasteiger partial charge in [0.2, 0.25) is 0 Å². The second kappa shape index (κ2) is 4.95. The average Bonchev–Trinajstić information content (AvgIpc) is 2.85. The molecule has 126 valence electrons. The summed E-state index contributed by atoms with van der Waals surface area (Å²) in [6.07, 6.45) is 11.2. The Labute approximate surface area is 138 Å². The van der Waals surface area contributed by atoms with E-state index in [0.29, 0.717) is 23.3 Å². The van der Waals surface area contributed by atoms with Crippen molar-refractivity contribution in [3.63, 3.8) is 0 Å². The lowest BCUT2D eigenvalue weighted by Crippen LogP contribution is -2.50. The Morgan fingerprint density at radius 1 is 1.09 bits per heavy atom. The van der Waals surface area contributed by atoms with E-state index in [1.165, 1.54) is 5.57 Å². The summed E-state index contributed by atoms with van der Waals surface area (Å²) in [6, 6.07) is 0. The molecule has 2 fully saturated rings. The Morgan fingerprint density at radius 3 is 2.57 bits per heavy atom. The van der Waals surface area contributed by atoms with E-state index in [1.807, 2.05) is 6.08 Å². The van der Waals surface area contributed by atoms with Crippen molar-refractivity contribution in [2.45, 2.75) is 64.9 Å². The number of hydrogen-bond donors (Lipinski definition) is 2. The summed E-state index contributed by atoms with van der Waals surface area (Å²) < 4.78 is 0. The zero-order chi connectivity index (χ0) is 16.4. The molecule has 4 aliphatic carbocycles. The van der Waals surface area contributed by atoms with Crippen molar-refractivity contribution in [2.24, 2.45) is 28.6 Å². The zero-order valence-corrected chi connectivity index (χ0v) is 14.2. The SMILES string of the molecule is CC12CCC(O)CC1=CCC1C2CCC2(C)C(C(=O)O)=CCC12. The van der Waals surface area contributed by atoms with E-state index in [1.54, 1.807) is 0 Å². The average molecular weight is 316 g/mol. The lowest BCUT2D eigenvalue weighted by Gasteiger charge is -2.57. The number of allylic oxidation sites excluding steroid dienone is 2. The van der Waals surface area contributed by atoms with Crippen molar-refractivity contribution >= 4 is 5.97 Å². The van der Waals surface area contributed by atoms with Crippen LogP contribution >= 0.6 is 0 Å². The maximum Gasteiger partial charge on any atom is 0.331 e. The van der Waals surface area contributed by atoms with Gasteiger partial charge in [-0.2, -0.15) is 0 Å². The van der Waals surface area contributed by atoms with Gasteiger partial charge in [0.15, 0.2) is 0 Å². The fraction of sp³-hybridized carbons (Fsp3) is 0.750. The second-order valence-corrected chi connectivity index (χ2v) is 8.77. The third-order valence-electron chi connectivity index (χ3n) is 7.89. The van der Waals surface area contributed by atoms with E-state index in [0.717, 1.165) is 44.9 Å². The maximum atomic E-state index is 11.6. The van der Waals surface area contributed by atoms with Crippen LogP contribution in [0.2, 0.25) is 0 Å². The molecule has 6 unspecified atom stereocenters. The van der Waals surface area contributed by atoms with Crippen LogP contribution in [-0.2, 0) is 4.79 Å². The molecular weight excluding hydrogens is 288 g/mol. The number of aliphatic hydroxyl groups is 1. The van der Waals surface area contributed by atoms with Crippen molar-refractivity contribution in [2.75, 3.05) is 0 Å². The summed E-state index contributed by atoms with van der Waals surface area (Å²) in [6.45, 7) is 4.59. The van der Waals surface area contributed by atoms with Crippen molar-refractivity contribution in [3.8, 4) is 0 Å². The molecule has 4 rings (SSSR count). The Balaban J connectivity index is 1.67. The zero-order valence-electron chi connectivity index (χ0n) is 14.2. The molecule has 6 atom stereocenters. The lowest BCUT2D eigenvalue weighted by molar-refractivity contribution is -0.135. The number of aliphatic carboxylic acids is 1. The molecule has 0 aromatic rings. The summed E-state index contributed by atoms with van der Waals surface area (Å²) in [5.74, 6) is 1.03. The fourth-order valence-corrected chi connectivity index (χ4v) is 6.54. The Hall–Kier alpha value is -1.09. The molecule has 0 aliphatic heterocycles. The minimum atomic E-state index is -0.715. The van der Waals surface area contributed by atoms with Gasteiger partial charge < -0.3 is 10.2 Å². The van der Waals surface area contributed by atoms with Gasteiger partial charge in [-0.05, 0) is 68.1 Å². The van der Waals surface area contributed by atoms with Crippen LogP contribution in [0.3, 0.4) is 0 Å². The Kier molecular flexibility index (Phi) is 3.32. The highest BCUT2D eigenvalue weighted by Gasteiger charge is 2.57. The summed E-state index contributed by atoms with van der Waals surface area (Å²) in [5, 5.41) is 19.6. The van der Waals surface area contributed by atoms with Gasteiger partial charge in [-0.25, -0.2) is 4.79 Å². The monoisotopic (exact) mass is 316 g/mol. The predicted octanol–water partition coefficient (Wildman–Crippen LogP) is 3.93. The van der Waals surface area contributed by atoms with Crippen LogP contribution in [0.15, 0.2) is 23.3 Å². The van der Waals surface area contributed by atoms with Gasteiger partial charge in [-0.3, -0.25) is 0 Å². The molecule has 4 aliphatic rings. The largest absolute Gasteiger partial charge is 0.478 e. The van der Waals surface area contributed by atoms with E-state index in [9.17, 15) is 15.0 Å². The highest BCUT2D eigenvalue weighted by atomic mass is 16.4. The highest BCUT2D eigenvalue weighted by Crippen LogP contribution is 2.64. The molecule has 0 spiro atoms. The molecule has 0 radical (unpaired) electrons. The number of carboxylic acid groups (broad SMARTS) is 1. The molecule has 0 saturated heterocycles. The summed E-state index contributed by atoms with van der Waals surface area (Å²) in [7, 11) is 0. The van der Waals surface area contributed by atoms with E-state index < -0.39 is 5.97 Å². The third-order valence-corrected chi connectivity index (χ3v) is 7.89. The maximum absolute atomic E-state index is 11.6. The van der Waals surface area contributed by atoms with Crippen molar-refractivity contribution in [1.29, 1.82) is 0 Å². The van der Waals surface area contributed by atoms with Crippen molar-refractivity contribution < 1.29 is 15.0 Å². The molecule has 0 amide bonds. The predicted molar refractivity (Wildman–Crippen MR) is 88.8 cm³/mol. The van der Waals surface area contributed by atoms with Crippen LogP contribution in [-0.4, -0.2) is 22.3 Å². The minimum Gasteiger partial charge on any atom is -0.478 e. The molecule has 0 aromatic carbocycles. The number of hydrogen-bond acceptors (Lipinski definition) is 2. The summed E-state index contributed by atoms with van der Waals surface area (Å²) in [5.41, 5.74) is 2.24. The molecule has 3 heteroatoms. The van der Waals surface area contributed by atoms with Gasteiger partial charge in [0.25, 0.3) is 0 Å². The van der Waals surface area contributed by atoms with Gasteiger partial charge in [0.05, 0.1) is 6.10 Å². The van der Waals surface area contributed by atoms with Crippen LogP contribution in [0, 0.1) is 28.6 Å². The molecule has 0 heterocycles. The standard InChI is InChI=1S/C20H28O3/c1-19-9-7-13(21)11-12(19)3-4-14-15-5-6-17(18(22)23)20(15,2)10-8-16(14)19/h3,6,13-16,21H,4-5,7-11H2,1-2H3,(H,22,23). The summed E-state index contributed by atoms with van der Waals surface area (Å²) >= 11 is 0. The van der Waals surface area contributed by atoms with Gasteiger partial charge in [-0.1, -0.05) is 31.6 Å². The van der Waals surface area contributed by atoms with E-state index in [2.05, 4.69) is 19.9 Å². The molecule has 2 N–H and O–H groups in total. The first kappa shape index (κ1) is 15.4. The molecule has 23 heavy (non-hydrogen) atoms. The van der Waals surface area contributed by atoms with E-state index >= 15 is 0 Å². The highest BCUT2D eigenvalue weighted by molar-refractivity contribution is 5.89. The van der Waals surface area contributed by atoms with Crippen LogP contribution in [0.5, 0.6) is 0 Å². The smallest absolute Gasteiger partial charge is 0.331 e. The van der Waals surface area contributed by atoms with Gasteiger partial charge in [0, 0.05) is 11.0 Å². The molecule has 3 nitrogen and oxygen atoms in total. The number of rotatable bonds is 1. The Morgan fingerprint density at radius 2 is 1.83 bits per heavy atom. The normalized spacial score (nSPS) is 48.7. The third kappa shape index (κ3) is 2.02. The van der Waals surface area contributed by atoms with Crippen LogP contribution in [0.25, 0.3) is 0 Å². The minimum absolute atomic E-state index is 0.136. The first-order valence-corrected chi connectivity index (χ1v) is 9.18. The first-order valence-electron chi connectivity index (χ1n) is 9.18. The van der Waals surface area contributed by atoms with Gasteiger partial charge in [-0.15, -0.1) is 0 Å². The van der Waals surface area contributed by atoms with Crippen molar-refractivity contribution in [3.05, 3.63) is 23.3 Å². The van der Waals surface area contributed by atoms with Gasteiger partial charge in [0.1, 0.15) is 0 Å². The number of carbonyl (C=O) groups is 1. The number of fused-ring (bicyclic) bond motifs is 5. The second-order valence-electron chi connectivity index (χ2n) is 8.77. The van der Waals surface area contributed by atoms with Crippen molar-refractivity contribution in [1.82, 2.24) is 0 Å².